The minimum Gasteiger partial charge on any atom is -0.354 e. The summed E-state index contributed by atoms with van der Waals surface area (Å²) in [5, 5.41) is 8.26. The maximum absolute atomic E-state index is 13.9. The SMILES string of the molecule is Fc1ccc(N(CC2CCC3CNCCN3C2)c2noc3ccc(F)cc23)nc1. The lowest BCUT2D eigenvalue weighted by Crippen LogP contribution is -2.55. The van der Waals surface area contributed by atoms with Gasteiger partial charge in [-0.2, -0.15) is 0 Å². The van der Waals surface area contributed by atoms with E-state index in [1.807, 2.05) is 4.90 Å². The van der Waals surface area contributed by atoms with Crippen LogP contribution in [0.1, 0.15) is 12.8 Å². The summed E-state index contributed by atoms with van der Waals surface area (Å²) in [6, 6.07) is 7.95. The lowest BCUT2D eigenvalue weighted by molar-refractivity contribution is 0.0880. The maximum atomic E-state index is 13.9. The number of piperazine rings is 1. The lowest BCUT2D eigenvalue weighted by atomic mass is 9.91. The third-order valence-corrected chi connectivity index (χ3v) is 5.97. The highest BCUT2D eigenvalue weighted by Crippen LogP contribution is 2.34. The number of benzene rings is 1. The molecule has 29 heavy (non-hydrogen) atoms. The zero-order valence-electron chi connectivity index (χ0n) is 16.0. The molecule has 0 aliphatic carbocycles. The second-order valence-corrected chi connectivity index (χ2v) is 7.89. The molecule has 0 spiro atoms. The maximum Gasteiger partial charge on any atom is 0.185 e. The summed E-state index contributed by atoms with van der Waals surface area (Å²) in [6.45, 7) is 4.76. The minimum absolute atomic E-state index is 0.352. The Labute approximate surface area is 167 Å². The fraction of sp³-hybridized carbons (Fsp3) is 0.429. The Morgan fingerprint density at radius 3 is 2.93 bits per heavy atom. The number of anilines is 2. The van der Waals surface area contributed by atoms with Crippen LogP contribution in [0.3, 0.4) is 0 Å². The molecule has 2 aromatic heterocycles. The van der Waals surface area contributed by atoms with Gasteiger partial charge in [0.2, 0.25) is 0 Å². The predicted octanol–water partition coefficient (Wildman–Crippen LogP) is 3.32. The summed E-state index contributed by atoms with van der Waals surface area (Å²) < 4.78 is 32.8. The van der Waals surface area contributed by atoms with E-state index in [1.54, 1.807) is 12.1 Å². The fourth-order valence-corrected chi connectivity index (χ4v) is 4.50. The van der Waals surface area contributed by atoms with Gasteiger partial charge in [0.15, 0.2) is 11.4 Å². The van der Waals surface area contributed by atoms with Crippen LogP contribution in [0, 0.1) is 17.6 Å². The van der Waals surface area contributed by atoms with Gasteiger partial charge in [0.05, 0.1) is 11.6 Å². The number of hydrogen-bond acceptors (Lipinski definition) is 6. The molecule has 5 rings (SSSR count). The zero-order chi connectivity index (χ0) is 19.8. The van der Waals surface area contributed by atoms with Gasteiger partial charge in [-0.15, -0.1) is 0 Å². The average molecular weight is 399 g/mol. The topological polar surface area (TPSA) is 57.4 Å². The van der Waals surface area contributed by atoms with Crippen molar-refractivity contribution in [3.63, 3.8) is 0 Å². The number of pyridine rings is 1. The van der Waals surface area contributed by atoms with Gasteiger partial charge in [0.25, 0.3) is 0 Å². The first kappa shape index (κ1) is 18.4. The molecule has 2 atom stereocenters. The molecule has 4 heterocycles. The lowest BCUT2D eigenvalue weighted by Gasteiger charge is -2.43. The van der Waals surface area contributed by atoms with Gasteiger partial charge in [-0.3, -0.25) is 4.90 Å². The highest BCUT2D eigenvalue weighted by molar-refractivity contribution is 5.90. The second-order valence-electron chi connectivity index (χ2n) is 7.89. The molecule has 152 valence electrons. The van der Waals surface area contributed by atoms with Gasteiger partial charge in [0.1, 0.15) is 17.5 Å². The van der Waals surface area contributed by atoms with Crippen LogP contribution < -0.4 is 10.2 Å². The molecule has 0 radical (unpaired) electrons. The molecular weight excluding hydrogens is 376 g/mol. The van der Waals surface area contributed by atoms with Crippen LogP contribution in [0.2, 0.25) is 0 Å². The summed E-state index contributed by atoms with van der Waals surface area (Å²) in [5.41, 5.74) is 0.513. The molecule has 1 aromatic carbocycles. The first-order valence-corrected chi connectivity index (χ1v) is 10.1. The van der Waals surface area contributed by atoms with Gasteiger partial charge in [-0.05, 0) is 49.1 Å². The standard InChI is InChI=1S/C21H23F2N5O/c22-15-2-5-19-18(9-15)21(26-29-19)28(20-6-3-16(23)10-25-20)13-14-1-4-17-11-24-7-8-27(17)12-14/h2-3,5-6,9-10,14,17,24H,1,4,7-8,11-13H2. The van der Waals surface area contributed by atoms with Crippen LogP contribution in [0.4, 0.5) is 20.4 Å². The summed E-state index contributed by atoms with van der Waals surface area (Å²) in [5.74, 6) is 0.743. The van der Waals surface area contributed by atoms with E-state index in [0.29, 0.717) is 41.1 Å². The van der Waals surface area contributed by atoms with Crippen molar-refractivity contribution in [1.29, 1.82) is 0 Å². The number of nitrogens with zero attached hydrogens (tertiary/aromatic N) is 4. The monoisotopic (exact) mass is 399 g/mol. The van der Waals surface area contributed by atoms with E-state index in [4.69, 9.17) is 4.52 Å². The smallest absolute Gasteiger partial charge is 0.185 e. The molecule has 8 heteroatoms. The van der Waals surface area contributed by atoms with Crippen molar-refractivity contribution in [2.24, 2.45) is 5.92 Å². The Bertz CT molecular complexity index is 992. The molecule has 2 saturated heterocycles. The molecule has 6 nitrogen and oxygen atoms in total. The van der Waals surface area contributed by atoms with Crippen LogP contribution >= 0.6 is 0 Å². The summed E-state index contributed by atoms with van der Waals surface area (Å²) >= 11 is 0. The molecule has 2 unspecified atom stereocenters. The number of halogens is 2. The summed E-state index contributed by atoms with van der Waals surface area (Å²) in [4.78, 5) is 8.73. The molecule has 2 aliphatic heterocycles. The van der Waals surface area contributed by atoms with Crippen molar-refractivity contribution in [3.8, 4) is 0 Å². The molecule has 3 aromatic rings. The van der Waals surface area contributed by atoms with E-state index in [1.165, 1.54) is 24.4 Å². The first-order valence-electron chi connectivity index (χ1n) is 10.1. The van der Waals surface area contributed by atoms with Crippen molar-refractivity contribution in [1.82, 2.24) is 20.4 Å². The van der Waals surface area contributed by atoms with Crippen LogP contribution in [0.5, 0.6) is 0 Å². The number of hydrogen-bond donors (Lipinski definition) is 1. The van der Waals surface area contributed by atoms with Gasteiger partial charge in [-0.1, -0.05) is 5.16 Å². The number of aromatic nitrogens is 2. The van der Waals surface area contributed by atoms with E-state index in [0.717, 1.165) is 39.0 Å². The molecule has 0 bridgehead atoms. The molecule has 0 saturated carbocycles. The zero-order valence-corrected chi connectivity index (χ0v) is 16.0. The highest BCUT2D eigenvalue weighted by Gasteiger charge is 2.32. The van der Waals surface area contributed by atoms with Gasteiger partial charge in [-0.25, -0.2) is 13.8 Å². The molecule has 2 aliphatic rings. The number of nitrogens with one attached hydrogen (secondary N) is 1. The van der Waals surface area contributed by atoms with E-state index in [2.05, 4.69) is 20.4 Å². The van der Waals surface area contributed by atoms with E-state index < -0.39 is 5.82 Å². The highest BCUT2D eigenvalue weighted by atomic mass is 19.1. The van der Waals surface area contributed by atoms with Crippen LogP contribution in [0.15, 0.2) is 41.1 Å². The Balaban J connectivity index is 1.47. The van der Waals surface area contributed by atoms with Gasteiger partial charge < -0.3 is 14.7 Å². The third kappa shape index (κ3) is 3.70. The molecule has 1 N–H and O–H groups in total. The Hall–Kier alpha value is -2.58. The number of fused-ring (bicyclic) bond motifs is 2. The Kier molecular flexibility index (Phi) is 4.89. The predicted molar refractivity (Wildman–Crippen MR) is 106 cm³/mol. The van der Waals surface area contributed by atoms with Gasteiger partial charge in [0, 0.05) is 38.8 Å². The van der Waals surface area contributed by atoms with E-state index in [-0.39, 0.29) is 5.82 Å². The van der Waals surface area contributed by atoms with Crippen molar-refractivity contribution < 1.29 is 13.3 Å². The van der Waals surface area contributed by atoms with Crippen LogP contribution in [-0.4, -0.2) is 53.8 Å². The molecular formula is C21H23F2N5O. The second kappa shape index (κ2) is 7.68. The van der Waals surface area contributed by atoms with Gasteiger partial charge >= 0.3 is 0 Å². The normalized spacial score (nSPS) is 22.6. The average Bonchev–Trinajstić information content (AvgIpc) is 3.15. The van der Waals surface area contributed by atoms with Crippen molar-refractivity contribution in [2.75, 3.05) is 37.6 Å². The first-order chi connectivity index (χ1) is 14.2. The van der Waals surface area contributed by atoms with Crippen LogP contribution in [-0.2, 0) is 0 Å². The summed E-state index contributed by atoms with van der Waals surface area (Å²) in [6.07, 6.45) is 3.42. The van der Waals surface area contributed by atoms with Crippen molar-refractivity contribution >= 4 is 22.6 Å². The molecule has 2 fully saturated rings. The minimum atomic E-state index is -0.397. The Morgan fingerprint density at radius 2 is 2.07 bits per heavy atom. The quantitative estimate of drug-likeness (QED) is 0.726. The Morgan fingerprint density at radius 1 is 1.17 bits per heavy atom. The van der Waals surface area contributed by atoms with Crippen molar-refractivity contribution in [3.05, 3.63) is 48.2 Å². The fourth-order valence-electron chi connectivity index (χ4n) is 4.50. The van der Waals surface area contributed by atoms with Crippen molar-refractivity contribution in [2.45, 2.75) is 18.9 Å². The number of rotatable bonds is 4. The number of piperidine rings is 1. The third-order valence-electron chi connectivity index (χ3n) is 5.97. The summed E-state index contributed by atoms with van der Waals surface area (Å²) in [7, 11) is 0. The van der Waals surface area contributed by atoms with Crippen LogP contribution in [0.25, 0.3) is 11.0 Å². The largest absolute Gasteiger partial charge is 0.354 e. The van der Waals surface area contributed by atoms with E-state index >= 15 is 0 Å². The van der Waals surface area contributed by atoms with E-state index in [9.17, 15) is 8.78 Å². The molecule has 0 amide bonds.